The lowest BCUT2D eigenvalue weighted by Gasteiger charge is -2.15. The van der Waals surface area contributed by atoms with Crippen LogP contribution in [0, 0.1) is 11.6 Å². The SMILES string of the molecule is O=C(NCCCCNC(=O)NCCOCCOCCNS(=O)(=O)c1ccc(OC2CCc3ccc(F)cc32)cc1)NCCOCCOCCNS(=O)(=O)c1ccc(OC2CCc3ccc(F)cc32)cc1. The Bertz CT molecular complexity index is 2340. The molecule has 0 fully saturated rings. The van der Waals surface area contributed by atoms with E-state index >= 15 is 0 Å². The number of carbonyl (C=O) groups excluding carboxylic acids is 2. The molecule has 4 aromatic rings. The molecule has 0 spiro atoms. The number of carbonyl (C=O) groups is 2. The molecule has 0 saturated carbocycles. The van der Waals surface area contributed by atoms with Gasteiger partial charge in [-0.1, -0.05) is 12.1 Å². The fourth-order valence-corrected chi connectivity index (χ4v) is 9.62. The molecule has 22 heteroatoms. The van der Waals surface area contributed by atoms with Gasteiger partial charge >= 0.3 is 12.1 Å². The van der Waals surface area contributed by atoms with E-state index in [9.17, 15) is 35.2 Å². The van der Waals surface area contributed by atoms with Crippen molar-refractivity contribution in [1.29, 1.82) is 0 Å². The fraction of sp³-hybridized carbons (Fsp3) is 0.458. The maximum Gasteiger partial charge on any atom is 0.314 e. The number of halogens is 2. The maximum atomic E-state index is 13.7. The zero-order chi connectivity index (χ0) is 49.6. The molecular weight excluding hydrogens is 955 g/mol. The number of aryl methyl sites for hydroxylation is 2. The molecule has 0 aromatic heterocycles. The molecule has 4 aromatic carbocycles. The van der Waals surface area contributed by atoms with Crippen molar-refractivity contribution in [3.63, 3.8) is 0 Å². The molecule has 2 unspecified atom stereocenters. The van der Waals surface area contributed by atoms with E-state index in [4.69, 9.17) is 28.4 Å². The van der Waals surface area contributed by atoms with Crippen molar-refractivity contribution in [3.8, 4) is 11.5 Å². The van der Waals surface area contributed by atoms with Crippen molar-refractivity contribution in [3.05, 3.63) is 119 Å². The Morgan fingerprint density at radius 1 is 0.471 bits per heavy atom. The Kier molecular flexibility index (Phi) is 21.4. The van der Waals surface area contributed by atoms with Crippen LogP contribution >= 0.6 is 0 Å². The summed E-state index contributed by atoms with van der Waals surface area (Å²) in [5, 5.41) is 10.9. The molecule has 70 heavy (non-hydrogen) atoms. The number of sulfonamides is 2. The molecular formula is C48H62F2N6O12S2. The first-order valence-electron chi connectivity index (χ1n) is 23.3. The fourth-order valence-electron chi connectivity index (χ4n) is 7.60. The van der Waals surface area contributed by atoms with Crippen LogP contribution in [0.1, 0.15) is 60.1 Å². The molecule has 4 amide bonds. The Hall–Kier alpha value is -5.46. The number of fused-ring (bicyclic) bond motifs is 2. The highest BCUT2D eigenvalue weighted by molar-refractivity contribution is 7.89. The average molecular weight is 1020 g/mol. The van der Waals surface area contributed by atoms with Gasteiger partial charge in [0.25, 0.3) is 0 Å². The van der Waals surface area contributed by atoms with Gasteiger partial charge in [-0.25, -0.2) is 44.6 Å². The minimum absolute atomic E-state index is 0.0613. The summed E-state index contributed by atoms with van der Waals surface area (Å²) in [5.74, 6) is 0.355. The summed E-state index contributed by atoms with van der Waals surface area (Å²) in [6.45, 7) is 3.30. The van der Waals surface area contributed by atoms with Crippen LogP contribution in [0.4, 0.5) is 18.4 Å². The highest BCUT2D eigenvalue weighted by Gasteiger charge is 2.26. The first-order valence-corrected chi connectivity index (χ1v) is 26.3. The summed E-state index contributed by atoms with van der Waals surface area (Å²) in [6, 6.07) is 20.8. The van der Waals surface area contributed by atoms with Crippen LogP contribution in [0.25, 0.3) is 0 Å². The third-order valence-corrected chi connectivity index (χ3v) is 14.1. The molecule has 18 nitrogen and oxygen atoms in total. The van der Waals surface area contributed by atoms with Crippen LogP contribution in [0.15, 0.2) is 94.7 Å². The molecule has 0 saturated heterocycles. The topological polar surface area (TPSA) is 230 Å². The minimum atomic E-state index is -3.76. The van der Waals surface area contributed by atoms with Gasteiger partial charge in [-0.3, -0.25) is 0 Å². The number of ether oxygens (including phenoxy) is 6. The first-order chi connectivity index (χ1) is 33.9. The predicted octanol–water partition coefficient (Wildman–Crippen LogP) is 4.80. The zero-order valence-electron chi connectivity index (χ0n) is 38.9. The lowest BCUT2D eigenvalue weighted by Crippen LogP contribution is -2.39. The number of urea groups is 2. The number of amides is 4. The van der Waals surface area contributed by atoms with Crippen molar-refractivity contribution < 1.29 is 63.6 Å². The Labute approximate surface area is 408 Å². The zero-order valence-corrected chi connectivity index (χ0v) is 40.5. The van der Waals surface area contributed by atoms with Crippen LogP contribution in [0.2, 0.25) is 0 Å². The summed E-state index contributed by atoms with van der Waals surface area (Å²) in [7, 11) is -7.53. The lowest BCUT2D eigenvalue weighted by atomic mass is 10.1. The molecule has 0 bridgehead atoms. The van der Waals surface area contributed by atoms with Gasteiger partial charge in [0.05, 0.1) is 62.6 Å². The minimum Gasteiger partial charge on any atom is -0.486 e. The Morgan fingerprint density at radius 2 is 0.829 bits per heavy atom. The molecule has 6 N–H and O–H groups in total. The standard InChI is InChI=1S/C48H62F2N6O12S2/c49-37-7-3-35-5-17-45(43(35)33-37)67-39-9-13-41(14-10-39)69(59,60)55-23-27-65-31-29-63-25-21-53-47(57)51-19-1-2-20-52-48(58)54-22-26-64-30-32-66-28-24-56-70(61,62)42-15-11-40(12-16-42)68-46-18-6-36-4-8-38(50)34-44(36)46/h3-4,7-16,33-34,45-46,55-56H,1-2,5-6,17-32H2,(H2,51,53,57)(H2,52,54,58). The van der Waals surface area contributed by atoms with E-state index in [1.54, 1.807) is 36.4 Å². The van der Waals surface area contributed by atoms with E-state index in [1.165, 1.54) is 48.5 Å². The van der Waals surface area contributed by atoms with Crippen molar-refractivity contribution in [2.24, 2.45) is 0 Å². The average Bonchev–Trinajstić information content (AvgIpc) is 3.93. The summed E-state index contributed by atoms with van der Waals surface area (Å²) in [4.78, 5) is 24.2. The quantitative estimate of drug-likeness (QED) is 0.0374. The van der Waals surface area contributed by atoms with Crippen LogP contribution in [-0.2, 0) is 51.8 Å². The highest BCUT2D eigenvalue weighted by Crippen LogP contribution is 2.37. The van der Waals surface area contributed by atoms with E-state index in [0.29, 0.717) is 37.4 Å². The van der Waals surface area contributed by atoms with Crippen molar-refractivity contribution in [1.82, 2.24) is 30.7 Å². The third-order valence-electron chi connectivity index (χ3n) is 11.1. The second kappa shape index (κ2) is 27.8. The number of unbranched alkanes of at least 4 members (excludes halogenated alkanes) is 1. The number of hydrogen-bond donors (Lipinski definition) is 6. The monoisotopic (exact) mass is 1020 g/mol. The van der Waals surface area contributed by atoms with Gasteiger partial charge in [-0.05, 0) is 134 Å². The second-order valence-electron chi connectivity index (χ2n) is 16.2. The van der Waals surface area contributed by atoms with Gasteiger partial charge < -0.3 is 49.7 Å². The van der Waals surface area contributed by atoms with E-state index in [0.717, 1.165) is 47.9 Å². The molecule has 2 aliphatic rings. The third kappa shape index (κ3) is 17.7. The first kappa shape index (κ1) is 53.9. The van der Waals surface area contributed by atoms with Crippen molar-refractivity contribution in [2.45, 2.75) is 60.5 Å². The Morgan fingerprint density at radius 3 is 1.21 bits per heavy atom. The number of rotatable bonds is 31. The number of nitrogens with one attached hydrogen (secondary N) is 6. The largest absolute Gasteiger partial charge is 0.486 e. The van der Waals surface area contributed by atoms with Gasteiger partial charge in [-0.15, -0.1) is 0 Å². The molecule has 382 valence electrons. The summed E-state index contributed by atoms with van der Waals surface area (Å²) in [5.41, 5.74) is 3.73. The number of benzene rings is 4. The highest BCUT2D eigenvalue weighted by atomic mass is 32.2. The van der Waals surface area contributed by atoms with Gasteiger partial charge in [0, 0.05) is 39.3 Å². The van der Waals surface area contributed by atoms with Gasteiger partial charge in [0.2, 0.25) is 20.0 Å². The van der Waals surface area contributed by atoms with E-state index < -0.39 is 20.0 Å². The summed E-state index contributed by atoms with van der Waals surface area (Å²) in [6.07, 6.45) is 3.75. The molecule has 2 atom stereocenters. The molecule has 6 rings (SSSR count). The van der Waals surface area contributed by atoms with E-state index in [-0.39, 0.29) is 125 Å². The van der Waals surface area contributed by atoms with Gasteiger partial charge in [0.1, 0.15) is 35.3 Å². The van der Waals surface area contributed by atoms with E-state index in [1.807, 2.05) is 0 Å². The normalized spacial score (nSPS) is 15.2. The predicted molar refractivity (Wildman–Crippen MR) is 255 cm³/mol. The van der Waals surface area contributed by atoms with Crippen LogP contribution < -0.4 is 40.2 Å². The molecule has 0 heterocycles. The lowest BCUT2D eigenvalue weighted by molar-refractivity contribution is 0.0516. The molecule has 0 radical (unpaired) electrons. The van der Waals surface area contributed by atoms with Gasteiger partial charge in [-0.2, -0.15) is 0 Å². The van der Waals surface area contributed by atoms with Crippen molar-refractivity contribution in [2.75, 3.05) is 92.1 Å². The van der Waals surface area contributed by atoms with Crippen molar-refractivity contribution >= 4 is 32.1 Å². The molecule has 2 aliphatic carbocycles. The summed E-state index contributed by atoms with van der Waals surface area (Å²) >= 11 is 0. The van der Waals surface area contributed by atoms with Crippen LogP contribution in [0.5, 0.6) is 11.5 Å². The number of hydrogen-bond acceptors (Lipinski definition) is 12. The summed E-state index contributed by atoms with van der Waals surface area (Å²) < 4.78 is 117. The maximum absolute atomic E-state index is 13.7. The molecule has 0 aliphatic heterocycles. The van der Waals surface area contributed by atoms with E-state index in [2.05, 4.69) is 30.7 Å². The smallest absolute Gasteiger partial charge is 0.314 e. The van der Waals surface area contributed by atoms with Crippen LogP contribution in [0.3, 0.4) is 0 Å². The second-order valence-corrected chi connectivity index (χ2v) is 19.8. The van der Waals surface area contributed by atoms with Crippen LogP contribution in [-0.4, -0.2) is 121 Å². The van der Waals surface area contributed by atoms with Gasteiger partial charge in [0.15, 0.2) is 0 Å². The Balaban J connectivity index is 0.667.